The quantitative estimate of drug-likeness (QED) is 0.823. The molecule has 98 valence electrons. The lowest BCUT2D eigenvalue weighted by Crippen LogP contribution is -2.35. The van der Waals surface area contributed by atoms with Gasteiger partial charge in [-0.15, -0.1) is 10.2 Å². The number of likely N-dealkylation sites (N-methyl/N-ethyl adjacent to an activating group) is 1. The van der Waals surface area contributed by atoms with Gasteiger partial charge in [-0.3, -0.25) is 4.99 Å². The zero-order chi connectivity index (χ0) is 12.4. The first kappa shape index (κ1) is 11.5. The highest BCUT2D eigenvalue weighted by Crippen LogP contribution is 2.14. The molecular weight excluding hydrogens is 228 g/mol. The fraction of sp³-hybridized carbons (Fsp3) is 0.750. The smallest absolute Gasteiger partial charge is 0.194 e. The molecule has 1 aromatic heterocycles. The number of hydrogen-bond donors (Lipinski definition) is 1. The molecule has 0 aliphatic carbocycles. The Morgan fingerprint density at radius 3 is 2.94 bits per heavy atom. The average molecular weight is 248 g/mol. The average Bonchev–Trinajstić information content (AvgIpc) is 2.86. The van der Waals surface area contributed by atoms with E-state index in [2.05, 4.69) is 37.0 Å². The summed E-state index contributed by atoms with van der Waals surface area (Å²) in [6.07, 6.45) is 4.83. The van der Waals surface area contributed by atoms with Crippen molar-refractivity contribution < 1.29 is 0 Å². The summed E-state index contributed by atoms with van der Waals surface area (Å²) < 4.78 is 2.27. The highest BCUT2D eigenvalue weighted by Gasteiger charge is 2.16. The minimum atomic E-state index is 0.718. The Labute approximate surface area is 107 Å². The van der Waals surface area contributed by atoms with Crippen LogP contribution < -0.4 is 5.32 Å². The van der Waals surface area contributed by atoms with Crippen LogP contribution in [0.15, 0.2) is 4.99 Å². The number of rotatable bonds is 2. The van der Waals surface area contributed by atoms with Crippen LogP contribution in [0.1, 0.15) is 30.9 Å². The van der Waals surface area contributed by atoms with E-state index in [9.17, 15) is 0 Å². The van der Waals surface area contributed by atoms with E-state index in [0.717, 1.165) is 50.2 Å². The molecule has 0 aromatic carbocycles. The SMILES string of the molecule is CN1CCN=C1NCc1nnc2n1CCCCC2. The number of nitrogens with one attached hydrogen (secondary N) is 1. The Bertz CT molecular complexity index is 449. The number of fused-ring (bicyclic) bond motifs is 1. The maximum Gasteiger partial charge on any atom is 0.194 e. The van der Waals surface area contributed by atoms with Crippen LogP contribution in [0.3, 0.4) is 0 Å². The Morgan fingerprint density at radius 1 is 1.17 bits per heavy atom. The highest BCUT2D eigenvalue weighted by atomic mass is 15.3. The molecule has 0 fully saturated rings. The predicted octanol–water partition coefficient (Wildman–Crippen LogP) is 0.395. The number of guanidine groups is 1. The predicted molar refractivity (Wildman–Crippen MR) is 69.3 cm³/mol. The molecule has 3 rings (SSSR count). The molecule has 2 aliphatic rings. The fourth-order valence-corrected chi connectivity index (χ4v) is 2.56. The van der Waals surface area contributed by atoms with Gasteiger partial charge in [-0.2, -0.15) is 0 Å². The summed E-state index contributed by atoms with van der Waals surface area (Å²) in [5, 5.41) is 12.0. The first-order valence-corrected chi connectivity index (χ1v) is 6.75. The monoisotopic (exact) mass is 248 g/mol. The van der Waals surface area contributed by atoms with Gasteiger partial charge in [-0.1, -0.05) is 6.42 Å². The van der Waals surface area contributed by atoms with E-state index in [1.54, 1.807) is 0 Å². The summed E-state index contributed by atoms with van der Waals surface area (Å²) in [6, 6.07) is 0. The highest BCUT2D eigenvalue weighted by molar-refractivity contribution is 5.81. The normalized spacial score (nSPS) is 19.4. The van der Waals surface area contributed by atoms with Crippen LogP contribution >= 0.6 is 0 Å². The fourth-order valence-electron chi connectivity index (χ4n) is 2.56. The van der Waals surface area contributed by atoms with Crippen molar-refractivity contribution in [1.29, 1.82) is 0 Å². The molecule has 2 aliphatic heterocycles. The third kappa shape index (κ3) is 2.19. The molecule has 6 heteroatoms. The van der Waals surface area contributed by atoms with E-state index in [0.29, 0.717) is 0 Å². The summed E-state index contributed by atoms with van der Waals surface area (Å²) in [4.78, 5) is 6.56. The van der Waals surface area contributed by atoms with Gasteiger partial charge < -0.3 is 14.8 Å². The minimum Gasteiger partial charge on any atom is -0.349 e. The Balaban J connectivity index is 1.68. The molecule has 0 atom stereocenters. The van der Waals surface area contributed by atoms with Crippen LogP contribution in [0.4, 0.5) is 0 Å². The van der Waals surface area contributed by atoms with E-state index in [1.165, 1.54) is 19.3 Å². The number of aryl methyl sites for hydroxylation is 1. The number of nitrogens with zero attached hydrogens (tertiary/aromatic N) is 5. The van der Waals surface area contributed by atoms with Crippen LogP contribution in [0.5, 0.6) is 0 Å². The third-order valence-electron chi connectivity index (χ3n) is 3.65. The number of aliphatic imine (C=N–C) groups is 1. The van der Waals surface area contributed by atoms with Crippen molar-refractivity contribution in [2.24, 2.45) is 4.99 Å². The van der Waals surface area contributed by atoms with Gasteiger partial charge >= 0.3 is 0 Å². The van der Waals surface area contributed by atoms with Gasteiger partial charge in [0.2, 0.25) is 0 Å². The van der Waals surface area contributed by atoms with E-state index < -0.39 is 0 Å². The van der Waals surface area contributed by atoms with E-state index in [4.69, 9.17) is 0 Å². The Morgan fingerprint density at radius 2 is 2.11 bits per heavy atom. The molecule has 0 unspecified atom stereocenters. The topological polar surface area (TPSA) is 58.3 Å². The summed E-state index contributed by atoms with van der Waals surface area (Å²) >= 11 is 0. The van der Waals surface area contributed by atoms with Crippen molar-refractivity contribution in [3.63, 3.8) is 0 Å². The van der Waals surface area contributed by atoms with Gasteiger partial charge in [0.15, 0.2) is 11.8 Å². The van der Waals surface area contributed by atoms with E-state index >= 15 is 0 Å². The van der Waals surface area contributed by atoms with Crippen LogP contribution in [0.2, 0.25) is 0 Å². The minimum absolute atomic E-state index is 0.718. The third-order valence-corrected chi connectivity index (χ3v) is 3.65. The second-order valence-electron chi connectivity index (χ2n) is 4.98. The number of aromatic nitrogens is 3. The Hall–Kier alpha value is -1.59. The zero-order valence-corrected chi connectivity index (χ0v) is 10.9. The summed E-state index contributed by atoms with van der Waals surface area (Å²) in [5.74, 6) is 3.15. The second kappa shape index (κ2) is 4.96. The lowest BCUT2D eigenvalue weighted by molar-refractivity contribution is 0.527. The summed E-state index contributed by atoms with van der Waals surface area (Å²) in [7, 11) is 2.06. The first-order chi connectivity index (χ1) is 8.84. The lowest BCUT2D eigenvalue weighted by Gasteiger charge is -2.15. The van der Waals surface area contributed by atoms with Gasteiger partial charge in [0, 0.05) is 26.6 Å². The molecule has 3 heterocycles. The van der Waals surface area contributed by atoms with Crippen LogP contribution in [-0.2, 0) is 19.5 Å². The maximum absolute atomic E-state index is 4.42. The van der Waals surface area contributed by atoms with Gasteiger partial charge in [0.1, 0.15) is 5.82 Å². The second-order valence-corrected chi connectivity index (χ2v) is 4.98. The zero-order valence-electron chi connectivity index (χ0n) is 10.9. The molecule has 6 nitrogen and oxygen atoms in total. The molecule has 0 spiro atoms. The number of hydrogen-bond acceptors (Lipinski definition) is 5. The summed E-state index contributed by atoms with van der Waals surface area (Å²) in [6.45, 7) is 3.66. The van der Waals surface area contributed by atoms with Crippen molar-refractivity contribution >= 4 is 5.96 Å². The molecule has 18 heavy (non-hydrogen) atoms. The van der Waals surface area contributed by atoms with Crippen LogP contribution in [0, 0.1) is 0 Å². The van der Waals surface area contributed by atoms with E-state index in [1.807, 2.05) is 0 Å². The molecule has 0 saturated heterocycles. The standard InChI is InChI=1S/C12H20N6/c1-17-8-6-13-12(17)14-9-11-16-15-10-5-3-2-4-7-18(10)11/h2-9H2,1H3,(H,13,14). The van der Waals surface area contributed by atoms with Gasteiger partial charge in [0.05, 0.1) is 13.1 Å². The van der Waals surface area contributed by atoms with Crippen molar-refractivity contribution in [2.45, 2.75) is 38.8 Å². The van der Waals surface area contributed by atoms with Gasteiger partial charge in [-0.05, 0) is 12.8 Å². The molecule has 0 bridgehead atoms. The van der Waals surface area contributed by atoms with E-state index in [-0.39, 0.29) is 0 Å². The first-order valence-electron chi connectivity index (χ1n) is 6.75. The molecule has 1 N–H and O–H groups in total. The van der Waals surface area contributed by atoms with Crippen molar-refractivity contribution in [2.75, 3.05) is 20.1 Å². The van der Waals surface area contributed by atoms with Crippen molar-refractivity contribution in [1.82, 2.24) is 25.0 Å². The largest absolute Gasteiger partial charge is 0.349 e. The molecule has 0 saturated carbocycles. The van der Waals surface area contributed by atoms with Gasteiger partial charge in [0.25, 0.3) is 0 Å². The maximum atomic E-state index is 4.42. The summed E-state index contributed by atoms with van der Waals surface area (Å²) in [5.41, 5.74) is 0. The van der Waals surface area contributed by atoms with Crippen LogP contribution in [0.25, 0.3) is 0 Å². The molecule has 1 aromatic rings. The molecular formula is C12H20N6. The van der Waals surface area contributed by atoms with Crippen molar-refractivity contribution in [3.05, 3.63) is 11.6 Å². The van der Waals surface area contributed by atoms with Gasteiger partial charge in [-0.25, -0.2) is 0 Å². The molecule has 0 amide bonds. The lowest BCUT2D eigenvalue weighted by atomic mass is 10.2. The van der Waals surface area contributed by atoms with Crippen molar-refractivity contribution in [3.8, 4) is 0 Å². The Kier molecular flexibility index (Phi) is 3.17. The van der Waals surface area contributed by atoms with Crippen LogP contribution in [-0.4, -0.2) is 45.8 Å². The molecule has 0 radical (unpaired) electrons.